The van der Waals surface area contributed by atoms with Gasteiger partial charge in [0.15, 0.2) is 0 Å². The Hall–Kier alpha value is -0.150. The molecule has 13 heavy (non-hydrogen) atoms. The van der Waals surface area contributed by atoms with Crippen LogP contribution in [0.1, 0.15) is 27.2 Å². The lowest BCUT2D eigenvalue weighted by Crippen LogP contribution is -2.54. The molecule has 0 bridgehead atoms. The molecule has 78 valence electrons. The summed E-state index contributed by atoms with van der Waals surface area (Å²) in [5.74, 6) is 0. The van der Waals surface area contributed by atoms with Crippen LogP contribution in [-0.2, 0) is 0 Å². The predicted octanol–water partition coefficient (Wildman–Crippen LogP) is 1.42. The minimum absolute atomic E-state index is 0.0188. The van der Waals surface area contributed by atoms with Crippen molar-refractivity contribution in [1.82, 2.24) is 10.2 Å². The fraction of sp³-hybridized carbons (Fsp3) is 1.00. The van der Waals surface area contributed by atoms with Gasteiger partial charge in [-0.25, -0.2) is 4.39 Å². The van der Waals surface area contributed by atoms with E-state index in [-0.39, 0.29) is 11.6 Å². The predicted molar refractivity (Wildman–Crippen MR) is 53.7 cm³/mol. The normalized spacial score (nSPS) is 32.1. The maximum absolute atomic E-state index is 13.5. The molecule has 0 aromatic rings. The van der Waals surface area contributed by atoms with Crippen molar-refractivity contribution in [1.29, 1.82) is 0 Å². The Bertz CT molecular complexity index is 165. The fourth-order valence-electron chi connectivity index (χ4n) is 1.78. The quantitative estimate of drug-likeness (QED) is 0.669. The Balaban J connectivity index is 2.43. The third-order valence-electron chi connectivity index (χ3n) is 2.36. The van der Waals surface area contributed by atoms with Gasteiger partial charge >= 0.3 is 0 Å². The van der Waals surface area contributed by atoms with Crippen LogP contribution in [0, 0.1) is 0 Å². The second kappa shape index (κ2) is 3.93. The largest absolute Gasteiger partial charge is 0.306 e. The summed E-state index contributed by atoms with van der Waals surface area (Å²) < 4.78 is 13.5. The number of halogens is 1. The number of hydrogen-bond donors (Lipinski definition) is 1. The summed E-state index contributed by atoms with van der Waals surface area (Å²) in [6, 6.07) is 0.0381. The second-order valence-corrected chi connectivity index (χ2v) is 5.07. The van der Waals surface area contributed by atoms with Crippen molar-refractivity contribution in [3.63, 3.8) is 0 Å². The Morgan fingerprint density at radius 3 is 2.46 bits per heavy atom. The topological polar surface area (TPSA) is 15.3 Å². The molecule has 1 N–H and O–H groups in total. The van der Waals surface area contributed by atoms with E-state index < -0.39 is 6.17 Å². The van der Waals surface area contributed by atoms with Crippen molar-refractivity contribution >= 4 is 0 Å². The molecule has 3 heteroatoms. The molecule has 1 aliphatic rings. The number of piperidine rings is 1. The van der Waals surface area contributed by atoms with Crippen LogP contribution in [0.4, 0.5) is 4.39 Å². The molecule has 0 aliphatic carbocycles. The molecular weight excluding hydrogens is 167 g/mol. The van der Waals surface area contributed by atoms with Crippen LogP contribution >= 0.6 is 0 Å². The maximum atomic E-state index is 13.5. The molecule has 1 fully saturated rings. The van der Waals surface area contributed by atoms with Gasteiger partial charge in [-0.15, -0.1) is 0 Å². The van der Waals surface area contributed by atoms with Crippen LogP contribution in [-0.4, -0.2) is 42.8 Å². The van der Waals surface area contributed by atoms with Crippen molar-refractivity contribution in [2.45, 2.75) is 44.9 Å². The van der Waals surface area contributed by atoms with E-state index in [1.807, 2.05) is 11.9 Å². The minimum atomic E-state index is -0.724. The molecule has 0 unspecified atom stereocenters. The third kappa shape index (κ3) is 3.61. The lowest BCUT2D eigenvalue weighted by molar-refractivity contribution is 0.108. The van der Waals surface area contributed by atoms with E-state index in [0.29, 0.717) is 6.54 Å². The van der Waals surface area contributed by atoms with Crippen LogP contribution in [0.15, 0.2) is 0 Å². The molecule has 0 saturated carbocycles. The molecule has 1 heterocycles. The van der Waals surface area contributed by atoms with E-state index in [9.17, 15) is 4.39 Å². The first-order valence-electron chi connectivity index (χ1n) is 4.99. The van der Waals surface area contributed by atoms with Gasteiger partial charge < -0.3 is 10.2 Å². The van der Waals surface area contributed by atoms with Gasteiger partial charge in [0.2, 0.25) is 0 Å². The highest BCUT2D eigenvalue weighted by atomic mass is 19.1. The Labute approximate surface area is 80.5 Å². The minimum Gasteiger partial charge on any atom is -0.306 e. The summed E-state index contributed by atoms with van der Waals surface area (Å²) >= 11 is 0. The third-order valence-corrected chi connectivity index (χ3v) is 2.36. The average molecular weight is 188 g/mol. The van der Waals surface area contributed by atoms with Gasteiger partial charge in [-0.1, -0.05) is 0 Å². The molecular formula is C10H21FN2. The molecule has 0 aromatic carbocycles. The smallest absolute Gasteiger partial charge is 0.128 e. The summed E-state index contributed by atoms with van der Waals surface area (Å²) in [5, 5.41) is 3.33. The molecule has 2 nitrogen and oxygen atoms in total. The highest BCUT2D eigenvalue weighted by Gasteiger charge is 2.29. The Kier molecular flexibility index (Phi) is 3.30. The van der Waals surface area contributed by atoms with Crippen LogP contribution in [0.2, 0.25) is 0 Å². The highest BCUT2D eigenvalue weighted by Crippen LogP contribution is 2.15. The van der Waals surface area contributed by atoms with Gasteiger partial charge in [-0.2, -0.15) is 0 Å². The Morgan fingerprint density at radius 1 is 1.38 bits per heavy atom. The van der Waals surface area contributed by atoms with Crippen LogP contribution in [0.3, 0.4) is 0 Å². The molecule has 1 rings (SSSR count). The number of rotatable bonds is 1. The lowest BCUT2D eigenvalue weighted by atomic mass is 9.99. The van der Waals surface area contributed by atoms with Crippen LogP contribution in [0.25, 0.3) is 0 Å². The highest BCUT2D eigenvalue weighted by molar-refractivity contribution is 4.88. The van der Waals surface area contributed by atoms with E-state index in [0.717, 1.165) is 13.0 Å². The molecule has 1 aliphatic heterocycles. The SMILES string of the molecule is CN1CC[C@H](NC(C)(C)C)[C@@H](F)C1. The maximum Gasteiger partial charge on any atom is 0.128 e. The zero-order valence-corrected chi connectivity index (χ0v) is 9.10. The average Bonchev–Trinajstić information content (AvgIpc) is 1.93. The molecule has 0 aromatic heterocycles. The van der Waals surface area contributed by atoms with E-state index in [1.165, 1.54) is 0 Å². The molecule has 2 atom stereocenters. The van der Waals surface area contributed by atoms with E-state index in [4.69, 9.17) is 0 Å². The van der Waals surface area contributed by atoms with Crippen molar-refractivity contribution in [2.75, 3.05) is 20.1 Å². The first kappa shape index (κ1) is 10.9. The molecule has 0 amide bonds. The first-order valence-corrected chi connectivity index (χ1v) is 4.99. The second-order valence-electron chi connectivity index (χ2n) is 5.07. The monoisotopic (exact) mass is 188 g/mol. The summed E-state index contributed by atoms with van der Waals surface area (Å²) in [5.41, 5.74) is 0.0188. The standard InChI is InChI=1S/C10H21FN2/c1-10(2,3)12-9-5-6-13(4)7-8(9)11/h8-9,12H,5-7H2,1-4H3/t8-,9-/m0/s1. The lowest BCUT2D eigenvalue weighted by Gasteiger charge is -2.37. The number of nitrogens with zero attached hydrogens (tertiary/aromatic N) is 1. The summed E-state index contributed by atoms with van der Waals surface area (Å²) in [6.07, 6.45) is 0.188. The Morgan fingerprint density at radius 2 is 2.00 bits per heavy atom. The van der Waals surface area contributed by atoms with Crippen LogP contribution < -0.4 is 5.32 Å². The van der Waals surface area contributed by atoms with E-state index >= 15 is 0 Å². The van der Waals surface area contributed by atoms with Crippen molar-refractivity contribution in [2.24, 2.45) is 0 Å². The number of likely N-dealkylation sites (tertiary alicyclic amines) is 1. The number of hydrogen-bond acceptors (Lipinski definition) is 2. The fourth-order valence-corrected chi connectivity index (χ4v) is 1.78. The van der Waals surface area contributed by atoms with Gasteiger partial charge in [-0.05, 0) is 40.8 Å². The summed E-state index contributed by atoms with van der Waals surface area (Å²) in [7, 11) is 1.97. The first-order chi connectivity index (χ1) is 5.88. The van der Waals surface area contributed by atoms with E-state index in [2.05, 4.69) is 26.1 Å². The van der Waals surface area contributed by atoms with Crippen molar-refractivity contribution in [3.8, 4) is 0 Å². The zero-order valence-electron chi connectivity index (χ0n) is 9.10. The summed E-state index contributed by atoms with van der Waals surface area (Å²) in [4.78, 5) is 2.05. The zero-order chi connectivity index (χ0) is 10.1. The van der Waals surface area contributed by atoms with Crippen molar-refractivity contribution < 1.29 is 4.39 Å². The van der Waals surface area contributed by atoms with Gasteiger partial charge in [-0.3, -0.25) is 0 Å². The van der Waals surface area contributed by atoms with Gasteiger partial charge in [0.05, 0.1) is 0 Å². The van der Waals surface area contributed by atoms with Gasteiger partial charge in [0, 0.05) is 18.1 Å². The van der Waals surface area contributed by atoms with E-state index in [1.54, 1.807) is 0 Å². The number of nitrogens with one attached hydrogen (secondary N) is 1. The molecule has 0 radical (unpaired) electrons. The van der Waals surface area contributed by atoms with Gasteiger partial charge in [0.25, 0.3) is 0 Å². The van der Waals surface area contributed by atoms with Crippen molar-refractivity contribution in [3.05, 3.63) is 0 Å². The van der Waals surface area contributed by atoms with Crippen LogP contribution in [0.5, 0.6) is 0 Å². The summed E-state index contributed by atoms with van der Waals surface area (Å²) in [6.45, 7) is 7.80. The number of alkyl halides is 1. The molecule has 0 spiro atoms. The molecule has 1 saturated heterocycles. The van der Waals surface area contributed by atoms with Gasteiger partial charge in [0.1, 0.15) is 6.17 Å².